The molecule has 1 aromatic rings. The minimum atomic E-state index is -0.522. The van der Waals surface area contributed by atoms with Crippen LogP contribution in [0.15, 0.2) is 22.8 Å². The van der Waals surface area contributed by atoms with Crippen molar-refractivity contribution in [3.63, 3.8) is 0 Å². The summed E-state index contributed by atoms with van der Waals surface area (Å²) >= 11 is 0. The second-order valence-corrected chi connectivity index (χ2v) is 4.50. The van der Waals surface area contributed by atoms with Crippen LogP contribution < -0.4 is 5.32 Å². The van der Waals surface area contributed by atoms with E-state index in [4.69, 9.17) is 4.42 Å². The predicted molar refractivity (Wildman–Crippen MR) is 58.4 cm³/mol. The van der Waals surface area contributed by atoms with Crippen molar-refractivity contribution in [1.29, 1.82) is 0 Å². The molecule has 3 nitrogen and oxygen atoms in total. The molecule has 0 spiro atoms. The number of aliphatic hydroxyl groups is 1. The van der Waals surface area contributed by atoms with Crippen LogP contribution in [-0.2, 0) is 0 Å². The van der Waals surface area contributed by atoms with Gasteiger partial charge in [-0.3, -0.25) is 0 Å². The number of aliphatic hydroxyl groups excluding tert-OH is 1. The first-order valence-electron chi connectivity index (χ1n) is 5.69. The van der Waals surface area contributed by atoms with Gasteiger partial charge in [0.25, 0.3) is 0 Å². The van der Waals surface area contributed by atoms with E-state index >= 15 is 0 Å². The summed E-state index contributed by atoms with van der Waals surface area (Å²) in [6.07, 6.45) is 3.82. The Hall–Kier alpha value is -0.800. The molecule has 0 aliphatic heterocycles. The number of hydrogen-bond acceptors (Lipinski definition) is 3. The maximum absolute atomic E-state index is 9.72. The minimum absolute atomic E-state index is 0.522. The van der Waals surface area contributed by atoms with E-state index in [1.165, 1.54) is 12.8 Å². The third kappa shape index (κ3) is 3.08. The number of hydrogen-bond donors (Lipinski definition) is 2. The first kappa shape index (κ1) is 10.7. The highest BCUT2D eigenvalue weighted by Gasteiger charge is 2.27. The largest absolute Gasteiger partial charge is 0.467 e. The monoisotopic (exact) mass is 209 g/mol. The Kier molecular flexibility index (Phi) is 3.44. The fourth-order valence-electron chi connectivity index (χ4n) is 1.86. The zero-order valence-corrected chi connectivity index (χ0v) is 9.15. The van der Waals surface area contributed by atoms with Gasteiger partial charge in [0.1, 0.15) is 11.9 Å². The third-order valence-corrected chi connectivity index (χ3v) is 3.10. The minimum Gasteiger partial charge on any atom is -0.467 e. The highest BCUT2D eigenvalue weighted by Crippen LogP contribution is 2.36. The topological polar surface area (TPSA) is 45.4 Å². The summed E-state index contributed by atoms with van der Waals surface area (Å²) < 4.78 is 5.12. The van der Waals surface area contributed by atoms with Gasteiger partial charge < -0.3 is 14.8 Å². The molecule has 2 unspecified atom stereocenters. The first-order valence-corrected chi connectivity index (χ1v) is 5.69. The van der Waals surface area contributed by atoms with E-state index in [1.54, 1.807) is 18.4 Å². The standard InChI is InChI=1S/C12H19NO2/c1-9(10-4-5-10)7-13-8-11(14)12-3-2-6-15-12/h2-3,6,9-11,13-14H,4-5,7-8H2,1H3. The van der Waals surface area contributed by atoms with Gasteiger partial charge in [-0.1, -0.05) is 6.92 Å². The second-order valence-electron chi connectivity index (χ2n) is 4.50. The van der Waals surface area contributed by atoms with Crippen molar-refractivity contribution in [1.82, 2.24) is 5.32 Å². The lowest BCUT2D eigenvalue weighted by atomic mass is 10.1. The Morgan fingerprint density at radius 2 is 2.33 bits per heavy atom. The van der Waals surface area contributed by atoms with Crippen LogP contribution in [0.25, 0.3) is 0 Å². The molecule has 0 amide bonds. The molecule has 84 valence electrons. The summed E-state index contributed by atoms with van der Waals surface area (Å²) in [7, 11) is 0. The van der Waals surface area contributed by atoms with Crippen LogP contribution in [0.5, 0.6) is 0 Å². The molecule has 15 heavy (non-hydrogen) atoms. The molecule has 1 saturated carbocycles. The van der Waals surface area contributed by atoms with Crippen molar-refractivity contribution in [2.45, 2.75) is 25.9 Å². The highest BCUT2D eigenvalue weighted by molar-refractivity contribution is 5.02. The SMILES string of the molecule is CC(CNCC(O)c1ccco1)C1CC1. The Morgan fingerprint density at radius 3 is 2.93 bits per heavy atom. The average Bonchev–Trinajstić information content (AvgIpc) is 2.93. The lowest BCUT2D eigenvalue weighted by Crippen LogP contribution is -2.26. The summed E-state index contributed by atoms with van der Waals surface area (Å²) in [4.78, 5) is 0. The van der Waals surface area contributed by atoms with E-state index in [-0.39, 0.29) is 0 Å². The molecule has 2 rings (SSSR count). The van der Waals surface area contributed by atoms with Crippen LogP contribution in [0.4, 0.5) is 0 Å². The molecule has 1 heterocycles. The molecule has 1 aliphatic carbocycles. The third-order valence-electron chi connectivity index (χ3n) is 3.10. The molecule has 1 aliphatic rings. The van der Waals surface area contributed by atoms with Crippen LogP contribution in [-0.4, -0.2) is 18.2 Å². The molecular weight excluding hydrogens is 190 g/mol. The fraction of sp³-hybridized carbons (Fsp3) is 0.667. The molecular formula is C12H19NO2. The number of furan rings is 1. The maximum Gasteiger partial charge on any atom is 0.133 e. The van der Waals surface area contributed by atoms with Crippen LogP contribution in [0.2, 0.25) is 0 Å². The van der Waals surface area contributed by atoms with Crippen molar-refractivity contribution in [3.8, 4) is 0 Å². The Bertz CT molecular complexity index is 280. The molecule has 0 aromatic carbocycles. The zero-order valence-electron chi connectivity index (χ0n) is 9.15. The van der Waals surface area contributed by atoms with Crippen molar-refractivity contribution in [2.24, 2.45) is 11.8 Å². The first-order chi connectivity index (χ1) is 7.27. The van der Waals surface area contributed by atoms with Crippen LogP contribution in [0, 0.1) is 11.8 Å². The van der Waals surface area contributed by atoms with Crippen molar-refractivity contribution in [2.75, 3.05) is 13.1 Å². The summed E-state index contributed by atoms with van der Waals surface area (Å²) in [5.41, 5.74) is 0. The van der Waals surface area contributed by atoms with Gasteiger partial charge in [-0.25, -0.2) is 0 Å². The Balaban J connectivity index is 1.64. The maximum atomic E-state index is 9.72. The molecule has 1 aromatic heterocycles. The lowest BCUT2D eigenvalue weighted by molar-refractivity contribution is 0.146. The van der Waals surface area contributed by atoms with Gasteiger partial charge in [-0.2, -0.15) is 0 Å². The van der Waals surface area contributed by atoms with E-state index in [1.807, 2.05) is 0 Å². The highest BCUT2D eigenvalue weighted by atomic mass is 16.4. The van der Waals surface area contributed by atoms with E-state index in [0.29, 0.717) is 12.3 Å². The van der Waals surface area contributed by atoms with Gasteiger partial charge in [0.15, 0.2) is 0 Å². The van der Waals surface area contributed by atoms with E-state index in [9.17, 15) is 5.11 Å². The van der Waals surface area contributed by atoms with Crippen LogP contribution in [0.1, 0.15) is 31.6 Å². The summed E-state index contributed by atoms with van der Waals surface area (Å²) in [6, 6.07) is 3.60. The Labute approximate surface area is 90.5 Å². The fourth-order valence-corrected chi connectivity index (χ4v) is 1.86. The molecule has 0 radical (unpaired) electrons. The molecule has 3 heteroatoms. The number of nitrogens with one attached hydrogen (secondary N) is 1. The molecule has 1 fully saturated rings. The average molecular weight is 209 g/mol. The van der Waals surface area contributed by atoms with Gasteiger partial charge in [0, 0.05) is 6.54 Å². The van der Waals surface area contributed by atoms with Crippen LogP contribution >= 0.6 is 0 Å². The number of rotatable bonds is 6. The molecule has 2 atom stereocenters. The summed E-state index contributed by atoms with van der Waals surface area (Å²) in [6.45, 7) is 3.83. The van der Waals surface area contributed by atoms with Crippen molar-refractivity contribution in [3.05, 3.63) is 24.2 Å². The second kappa shape index (κ2) is 4.81. The van der Waals surface area contributed by atoms with Crippen molar-refractivity contribution < 1.29 is 9.52 Å². The predicted octanol–water partition coefficient (Wildman–Crippen LogP) is 1.95. The normalized spacial score (nSPS) is 20.1. The summed E-state index contributed by atoms with van der Waals surface area (Å²) in [5.74, 6) is 2.29. The smallest absolute Gasteiger partial charge is 0.133 e. The van der Waals surface area contributed by atoms with Gasteiger partial charge in [0.05, 0.1) is 6.26 Å². The lowest BCUT2D eigenvalue weighted by Gasteiger charge is -2.13. The van der Waals surface area contributed by atoms with Crippen molar-refractivity contribution >= 4 is 0 Å². The zero-order chi connectivity index (χ0) is 10.7. The van der Waals surface area contributed by atoms with E-state index in [0.717, 1.165) is 18.4 Å². The molecule has 2 N–H and O–H groups in total. The quantitative estimate of drug-likeness (QED) is 0.752. The molecule has 0 bridgehead atoms. The van der Waals surface area contributed by atoms with E-state index in [2.05, 4.69) is 12.2 Å². The van der Waals surface area contributed by atoms with Gasteiger partial charge in [0.2, 0.25) is 0 Å². The Morgan fingerprint density at radius 1 is 1.53 bits per heavy atom. The molecule has 0 saturated heterocycles. The van der Waals surface area contributed by atoms with Gasteiger partial charge in [-0.05, 0) is 43.4 Å². The van der Waals surface area contributed by atoms with Gasteiger partial charge >= 0.3 is 0 Å². The van der Waals surface area contributed by atoms with E-state index < -0.39 is 6.10 Å². The van der Waals surface area contributed by atoms with Crippen LogP contribution in [0.3, 0.4) is 0 Å². The van der Waals surface area contributed by atoms with Gasteiger partial charge in [-0.15, -0.1) is 0 Å². The summed E-state index contributed by atoms with van der Waals surface area (Å²) in [5, 5.41) is 13.0.